The molecule has 10 aromatic rings. The van der Waals surface area contributed by atoms with Crippen LogP contribution in [-0.2, 0) is 0 Å². The van der Waals surface area contributed by atoms with E-state index in [0.29, 0.717) is 23.3 Å². The molecule has 10 rings (SSSR count). The van der Waals surface area contributed by atoms with Gasteiger partial charge in [0.05, 0.1) is 11.4 Å². The van der Waals surface area contributed by atoms with E-state index in [1.54, 1.807) is 0 Å². The summed E-state index contributed by atoms with van der Waals surface area (Å²) in [6.07, 6.45) is 3.70. The summed E-state index contributed by atoms with van der Waals surface area (Å²) in [5.74, 6) is 2.54. The number of hydrogen-bond donors (Lipinski definition) is 0. The number of benzene rings is 7. The highest BCUT2D eigenvalue weighted by molar-refractivity contribution is 5.87. The summed E-state index contributed by atoms with van der Waals surface area (Å²) >= 11 is 0. The third-order valence-corrected chi connectivity index (χ3v) is 10.2. The van der Waals surface area contributed by atoms with E-state index in [2.05, 4.69) is 126 Å². The van der Waals surface area contributed by atoms with Gasteiger partial charge < -0.3 is 0 Å². The van der Waals surface area contributed by atoms with Crippen LogP contribution in [0.1, 0.15) is 0 Å². The smallest absolute Gasteiger partial charge is 0.164 e. The highest BCUT2D eigenvalue weighted by Gasteiger charge is 2.15. The van der Waals surface area contributed by atoms with Gasteiger partial charge in [-0.05, 0) is 51.9 Å². The van der Waals surface area contributed by atoms with Gasteiger partial charge >= 0.3 is 0 Å². The zero-order valence-electron chi connectivity index (χ0n) is 31.3. The first-order valence-corrected chi connectivity index (χ1v) is 19.2. The van der Waals surface area contributed by atoms with Crippen LogP contribution in [0.25, 0.3) is 101 Å². The highest BCUT2D eigenvalue weighted by Crippen LogP contribution is 2.33. The van der Waals surface area contributed by atoms with Gasteiger partial charge in [0.1, 0.15) is 0 Å². The molecule has 0 aliphatic carbocycles. The van der Waals surface area contributed by atoms with Crippen molar-refractivity contribution in [2.24, 2.45) is 0 Å². The van der Waals surface area contributed by atoms with E-state index in [1.807, 2.05) is 85.2 Å². The molecule has 7 aromatic carbocycles. The standard InChI is InChI=1S/C52H34N6/c1-4-11-35(12-5-1)36-21-25-41(26-22-36)51-56-50(40-15-8-3-9-16-40)57-52(58-51)45-18-10-17-42(32-45)37-19-23-38(24-20-37)47-33-48(55-49(54-47)39-13-6-2-7-14-39)44-27-28-46-34-53-30-29-43(46)31-44/h1-34H. The van der Waals surface area contributed by atoms with Crippen LogP contribution in [0.5, 0.6) is 0 Å². The zero-order chi connectivity index (χ0) is 38.7. The molecule has 6 nitrogen and oxygen atoms in total. The molecule has 272 valence electrons. The number of aromatic nitrogens is 6. The molecule has 3 heterocycles. The van der Waals surface area contributed by atoms with Crippen LogP contribution in [0.2, 0.25) is 0 Å². The van der Waals surface area contributed by atoms with E-state index in [0.717, 1.165) is 77.8 Å². The number of nitrogens with zero attached hydrogens (tertiary/aromatic N) is 6. The molecule has 0 aliphatic heterocycles. The van der Waals surface area contributed by atoms with Gasteiger partial charge in [-0.3, -0.25) is 4.98 Å². The lowest BCUT2D eigenvalue weighted by atomic mass is 9.99. The van der Waals surface area contributed by atoms with Gasteiger partial charge in [0.25, 0.3) is 0 Å². The van der Waals surface area contributed by atoms with Crippen molar-refractivity contribution in [3.8, 4) is 90.3 Å². The minimum absolute atomic E-state index is 0.612. The minimum atomic E-state index is 0.612. The molecule has 0 N–H and O–H groups in total. The Labute approximate surface area is 336 Å². The quantitative estimate of drug-likeness (QED) is 0.154. The van der Waals surface area contributed by atoms with Gasteiger partial charge in [0.15, 0.2) is 23.3 Å². The van der Waals surface area contributed by atoms with Crippen molar-refractivity contribution in [2.75, 3.05) is 0 Å². The summed E-state index contributed by atoms with van der Waals surface area (Å²) in [6, 6.07) is 66.3. The van der Waals surface area contributed by atoms with Crippen LogP contribution in [0.4, 0.5) is 0 Å². The van der Waals surface area contributed by atoms with Crippen molar-refractivity contribution >= 4 is 10.8 Å². The van der Waals surface area contributed by atoms with E-state index >= 15 is 0 Å². The van der Waals surface area contributed by atoms with Crippen molar-refractivity contribution < 1.29 is 0 Å². The molecule has 0 saturated carbocycles. The van der Waals surface area contributed by atoms with E-state index < -0.39 is 0 Å². The topological polar surface area (TPSA) is 77.3 Å². The predicted octanol–water partition coefficient (Wildman–Crippen LogP) is 12.5. The maximum atomic E-state index is 5.06. The first-order chi connectivity index (χ1) is 28.7. The van der Waals surface area contributed by atoms with Gasteiger partial charge in [0.2, 0.25) is 0 Å². The van der Waals surface area contributed by atoms with Gasteiger partial charge in [-0.1, -0.05) is 170 Å². The maximum absolute atomic E-state index is 5.06. The molecule has 0 bridgehead atoms. The summed E-state index contributed by atoms with van der Waals surface area (Å²) in [4.78, 5) is 29.4. The van der Waals surface area contributed by atoms with Crippen molar-refractivity contribution in [3.63, 3.8) is 0 Å². The van der Waals surface area contributed by atoms with E-state index in [9.17, 15) is 0 Å². The lowest BCUT2D eigenvalue weighted by Crippen LogP contribution is -2.00. The molecule has 0 atom stereocenters. The molecule has 0 fully saturated rings. The SMILES string of the molecule is c1ccc(-c2ccc(-c3nc(-c4ccccc4)nc(-c4cccc(-c5ccc(-c6cc(-c7ccc8cnccc8c7)nc(-c7ccccc7)n6)cc5)c4)n3)cc2)cc1. The maximum Gasteiger partial charge on any atom is 0.164 e. The molecule has 58 heavy (non-hydrogen) atoms. The molecule has 0 amide bonds. The first-order valence-electron chi connectivity index (χ1n) is 19.2. The van der Waals surface area contributed by atoms with Gasteiger partial charge in [-0.2, -0.15) is 0 Å². The summed E-state index contributed by atoms with van der Waals surface area (Å²) in [6.45, 7) is 0. The Bertz CT molecular complexity index is 3020. The molecule has 0 aliphatic rings. The molecule has 0 radical (unpaired) electrons. The molecule has 0 saturated heterocycles. The van der Waals surface area contributed by atoms with Crippen molar-refractivity contribution in [1.82, 2.24) is 29.9 Å². The average Bonchev–Trinajstić information content (AvgIpc) is 3.32. The van der Waals surface area contributed by atoms with Crippen molar-refractivity contribution in [3.05, 3.63) is 207 Å². The van der Waals surface area contributed by atoms with Crippen LogP contribution in [0.15, 0.2) is 207 Å². The number of fused-ring (bicyclic) bond motifs is 1. The Balaban J connectivity index is 0.998. The van der Waals surface area contributed by atoms with E-state index in [1.165, 1.54) is 0 Å². The van der Waals surface area contributed by atoms with Crippen LogP contribution >= 0.6 is 0 Å². The first kappa shape index (κ1) is 34.5. The van der Waals surface area contributed by atoms with E-state index in [4.69, 9.17) is 24.9 Å². The number of hydrogen-bond acceptors (Lipinski definition) is 6. The molecule has 6 heteroatoms. The molecule has 0 unspecified atom stereocenters. The molecular weight excluding hydrogens is 709 g/mol. The van der Waals surface area contributed by atoms with Gasteiger partial charge in [0, 0.05) is 51.2 Å². The van der Waals surface area contributed by atoms with Crippen molar-refractivity contribution in [1.29, 1.82) is 0 Å². The fourth-order valence-electron chi connectivity index (χ4n) is 7.17. The summed E-state index contributed by atoms with van der Waals surface area (Å²) in [5.41, 5.74) is 11.9. The molecular formula is C52H34N6. The average molecular weight is 743 g/mol. The van der Waals surface area contributed by atoms with Gasteiger partial charge in [-0.25, -0.2) is 24.9 Å². The van der Waals surface area contributed by atoms with Crippen LogP contribution < -0.4 is 0 Å². The summed E-state index contributed by atoms with van der Waals surface area (Å²) in [7, 11) is 0. The predicted molar refractivity (Wildman–Crippen MR) is 234 cm³/mol. The minimum Gasteiger partial charge on any atom is -0.264 e. The molecule has 3 aromatic heterocycles. The Morgan fingerprint density at radius 1 is 0.241 bits per heavy atom. The Morgan fingerprint density at radius 3 is 1.31 bits per heavy atom. The number of pyridine rings is 1. The Kier molecular flexibility index (Phi) is 9.10. The Morgan fingerprint density at radius 2 is 0.672 bits per heavy atom. The third-order valence-electron chi connectivity index (χ3n) is 10.2. The second-order valence-electron chi connectivity index (χ2n) is 14.0. The lowest BCUT2D eigenvalue weighted by molar-refractivity contribution is 1.07. The second kappa shape index (κ2) is 15.3. The van der Waals surface area contributed by atoms with Gasteiger partial charge in [-0.15, -0.1) is 0 Å². The summed E-state index contributed by atoms with van der Waals surface area (Å²) in [5, 5.41) is 2.20. The summed E-state index contributed by atoms with van der Waals surface area (Å²) < 4.78 is 0. The highest BCUT2D eigenvalue weighted by atomic mass is 15.0. The van der Waals surface area contributed by atoms with E-state index in [-0.39, 0.29) is 0 Å². The largest absolute Gasteiger partial charge is 0.264 e. The third kappa shape index (κ3) is 7.14. The number of rotatable bonds is 8. The fourth-order valence-corrected chi connectivity index (χ4v) is 7.17. The zero-order valence-corrected chi connectivity index (χ0v) is 31.3. The van der Waals surface area contributed by atoms with Crippen molar-refractivity contribution in [2.45, 2.75) is 0 Å². The van der Waals surface area contributed by atoms with Crippen LogP contribution in [0.3, 0.4) is 0 Å². The van der Waals surface area contributed by atoms with Crippen LogP contribution in [0, 0.1) is 0 Å². The second-order valence-corrected chi connectivity index (χ2v) is 14.0. The molecule has 0 spiro atoms. The normalized spacial score (nSPS) is 11.1. The monoisotopic (exact) mass is 742 g/mol. The lowest BCUT2D eigenvalue weighted by Gasteiger charge is -2.11. The Hall–Kier alpha value is -7.96. The fraction of sp³-hybridized carbons (Fsp3) is 0. The van der Waals surface area contributed by atoms with Crippen LogP contribution in [-0.4, -0.2) is 29.9 Å².